The Labute approximate surface area is 101 Å². The van der Waals surface area contributed by atoms with E-state index >= 15 is 0 Å². The molecule has 0 radical (unpaired) electrons. The van der Waals surface area contributed by atoms with Gasteiger partial charge in [0.05, 0.1) is 11.3 Å². The molecule has 0 aromatic carbocycles. The van der Waals surface area contributed by atoms with Crippen LogP contribution in [0.1, 0.15) is 12.5 Å². The molecule has 0 unspecified atom stereocenters. The van der Waals surface area contributed by atoms with Crippen molar-refractivity contribution < 1.29 is 21.6 Å². The second-order valence-corrected chi connectivity index (χ2v) is 5.43. The predicted molar refractivity (Wildman–Crippen MR) is 57.3 cm³/mol. The van der Waals surface area contributed by atoms with Gasteiger partial charge in [-0.25, -0.2) is 13.4 Å². The minimum atomic E-state index is -4.71. The average Bonchev–Trinajstić information content (AvgIpc) is 2.15. The number of aromatic nitrogens is 1. The van der Waals surface area contributed by atoms with Gasteiger partial charge in [0.15, 0.2) is 5.82 Å². The molecule has 96 valence electrons. The third-order valence-corrected chi connectivity index (χ3v) is 3.27. The number of rotatable bonds is 3. The van der Waals surface area contributed by atoms with E-state index in [2.05, 4.69) is 4.98 Å². The number of nitrogens with zero attached hydrogens (tertiary/aromatic N) is 1. The molecule has 0 spiro atoms. The van der Waals surface area contributed by atoms with E-state index in [1.165, 1.54) is 6.92 Å². The van der Waals surface area contributed by atoms with Crippen molar-refractivity contribution in [3.63, 3.8) is 0 Å². The van der Waals surface area contributed by atoms with Crippen LogP contribution in [0.3, 0.4) is 0 Å². The fraction of sp³-hybridized carbons (Fsp3) is 0.375. The summed E-state index contributed by atoms with van der Waals surface area (Å²) in [5, 5.41) is -0.230. The summed E-state index contributed by atoms with van der Waals surface area (Å²) < 4.78 is 61.8. The van der Waals surface area contributed by atoms with Gasteiger partial charge in [0.1, 0.15) is 5.15 Å². The molecule has 1 aromatic rings. The van der Waals surface area contributed by atoms with Crippen molar-refractivity contribution in [1.29, 1.82) is 0 Å². The third-order valence-electron chi connectivity index (χ3n) is 1.80. The van der Waals surface area contributed by atoms with Crippen LogP contribution in [-0.2, 0) is 16.2 Å². The molecule has 0 saturated carbocycles. The van der Waals surface area contributed by atoms with Crippen molar-refractivity contribution in [3.05, 3.63) is 22.8 Å². The van der Waals surface area contributed by atoms with Gasteiger partial charge in [-0.05, 0) is 19.1 Å². The average molecular weight is 289 g/mol. The molecule has 0 amide bonds. The van der Waals surface area contributed by atoms with Gasteiger partial charge in [0, 0.05) is 0 Å². The maximum Gasteiger partial charge on any atom is 0.419 e. The summed E-state index contributed by atoms with van der Waals surface area (Å²) in [6.45, 7) is 1.29. The summed E-state index contributed by atoms with van der Waals surface area (Å²) in [4.78, 5) is 3.33. The quantitative estimate of drug-likeness (QED) is 0.870. The van der Waals surface area contributed by atoms with E-state index < -0.39 is 27.6 Å². The molecule has 0 aliphatic carbocycles. The molecule has 17 heavy (non-hydrogen) atoms. The molecule has 1 rings (SSSR count). The molecular weight excluding hydrogens is 281 g/mol. The lowest BCUT2D eigenvalue weighted by molar-refractivity contribution is -0.137. The molecule has 1 N–H and O–H groups in total. The maximum atomic E-state index is 12.5. The van der Waals surface area contributed by atoms with Crippen LogP contribution < -0.4 is 4.72 Å². The Morgan fingerprint density at radius 1 is 1.41 bits per heavy atom. The highest BCUT2D eigenvalue weighted by Crippen LogP contribution is 2.34. The Morgan fingerprint density at radius 2 is 2.00 bits per heavy atom. The van der Waals surface area contributed by atoms with E-state index in [0.29, 0.717) is 6.07 Å². The minimum Gasteiger partial charge on any atom is -0.267 e. The molecule has 9 heteroatoms. The fourth-order valence-corrected chi connectivity index (χ4v) is 1.70. The van der Waals surface area contributed by atoms with Crippen molar-refractivity contribution in [1.82, 2.24) is 4.98 Å². The number of sulfonamides is 1. The second kappa shape index (κ2) is 4.69. The Morgan fingerprint density at radius 3 is 2.47 bits per heavy atom. The highest BCUT2D eigenvalue weighted by molar-refractivity contribution is 7.92. The Balaban J connectivity index is 3.27. The Kier molecular flexibility index (Phi) is 3.88. The first-order valence-electron chi connectivity index (χ1n) is 4.40. The second-order valence-electron chi connectivity index (χ2n) is 3.03. The van der Waals surface area contributed by atoms with Crippen molar-refractivity contribution in [2.75, 3.05) is 10.5 Å². The number of nitrogens with one attached hydrogen (secondary N) is 1. The van der Waals surface area contributed by atoms with Crippen LogP contribution >= 0.6 is 11.6 Å². The zero-order chi connectivity index (χ0) is 13.3. The van der Waals surface area contributed by atoms with E-state index in [4.69, 9.17) is 11.6 Å². The Bertz CT molecular complexity index is 516. The fourth-order valence-electron chi connectivity index (χ4n) is 0.961. The highest BCUT2D eigenvalue weighted by Gasteiger charge is 2.35. The normalized spacial score (nSPS) is 12.5. The minimum absolute atomic E-state index is 0.230. The van der Waals surface area contributed by atoms with E-state index in [0.717, 1.165) is 6.07 Å². The summed E-state index contributed by atoms with van der Waals surface area (Å²) in [7, 11) is -3.84. The van der Waals surface area contributed by atoms with E-state index in [-0.39, 0.29) is 10.9 Å². The molecule has 4 nitrogen and oxygen atoms in total. The first kappa shape index (κ1) is 14.0. The number of halogens is 4. The van der Waals surface area contributed by atoms with E-state index in [9.17, 15) is 21.6 Å². The van der Waals surface area contributed by atoms with Gasteiger partial charge < -0.3 is 0 Å². The number of hydrogen-bond donors (Lipinski definition) is 1. The van der Waals surface area contributed by atoms with Gasteiger partial charge in [-0.15, -0.1) is 0 Å². The molecule has 1 heterocycles. The summed E-state index contributed by atoms with van der Waals surface area (Å²) >= 11 is 5.43. The van der Waals surface area contributed by atoms with Gasteiger partial charge in [-0.3, -0.25) is 4.72 Å². The summed E-state index contributed by atoms with van der Waals surface area (Å²) in [6, 6.07) is 1.61. The monoisotopic (exact) mass is 288 g/mol. The van der Waals surface area contributed by atoms with Crippen LogP contribution in [0.15, 0.2) is 12.1 Å². The smallest absolute Gasteiger partial charge is 0.267 e. The largest absolute Gasteiger partial charge is 0.419 e. The van der Waals surface area contributed by atoms with Crippen molar-refractivity contribution in [3.8, 4) is 0 Å². The van der Waals surface area contributed by atoms with Crippen LogP contribution in [0.4, 0.5) is 19.0 Å². The topological polar surface area (TPSA) is 59.1 Å². The summed E-state index contributed by atoms with van der Waals surface area (Å²) in [5.74, 6) is -1.18. The van der Waals surface area contributed by atoms with E-state index in [1.807, 2.05) is 0 Å². The first-order chi connectivity index (χ1) is 7.65. The number of pyridine rings is 1. The number of alkyl halides is 3. The first-order valence-corrected chi connectivity index (χ1v) is 6.43. The lowest BCUT2D eigenvalue weighted by Crippen LogP contribution is -2.19. The van der Waals surface area contributed by atoms with Crippen molar-refractivity contribution in [2.45, 2.75) is 13.1 Å². The van der Waals surface area contributed by atoms with E-state index in [1.54, 1.807) is 4.72 Å². The lowest BCUT2D eigenvalue weighted by atomic mass is 10.2. The molecule has 0 aliphatic rings. The molecule has 0 atom stereocenters. The molecule has 0 bridgehead atoms. The SMILES string of the molecule is CCS(=O)(=O)Nc1nc(Cl)ccc1C(F)(F)F. The van der Waals surface area contributed by atoms with Crippen molar-refractivity contribution >= 4 is 27.4 Å². The maximum absolute atomic E-state index is 12.5. The molecular formula is C8H8ClF3N2O2S. The van der Waals surface area contributed by atoms with Gasteiger partial charge in [-0.1, -0.05) is 11.6 Å². The van der Waals surface area contributed by atoms with Gasteiger partial charge in [-0.2, -0.15) is 13.2 Å². The van der Waals surface area contributed by atoms with Gasteiger partial charge >= 0.3 is 6.18 Å². The zero-order valence-corrected chi connectivity index (χ0v) is 10.1. The molecule has 1 aromatic heterocycles. The lowest BCUT2D eigenvalue weighted by Gasteiger charge is -2.13. The molecule has 0 aliphatic heterocycles. The number of hydrogen-bond acceptors (Lipinski definition) is 3. The molecule has 0 saturated heterocycles. The summed E-state index contributed by atoms with van der Waals surface area (Å²) in [5.41, 5.74) is -1.18. The zero-order valence-electron chi connectivity index (χ0n) is 8.55. The van der Waals surface area contributed by atoms with Crippen LogP contribution in [0.5, 0.6) is 0 Å². The van der Waals surface area contributed by atoms with Crippen LogP contribution in [0.2, 0.25) is 5.15 Å². The van der Waals surface area contributed by atoms with Crippen molar-refractivity contribution in [2.24, 2.45) is 0 Å². The van der Waals surface area contributed by atoms with Crippen LogP contribution in [0, 0.1) is 0 Å². The van der Waals surface area contributed by atoms with Gasteiger partial charge in [0.25, 0.3) is 0 Å². The number of anilines is 1. The highest BCUT2D eigenvalue weighted by atomic mass is 35.5. The standard InChI is InChI=1S/C8H8ClF3N2O2S/c1-2-17(15,16)14-7-5(8(10,11)12)3-4-6(9)13-7/h3-4H,2H2,1H3,(H,13,14). The summed E-state index contributed by atoms with van der Waals surface area (Å²) in [6.07, 6.45) is -4.71. The molecule has 0 fully saturated rings. The predicted octanol–water partition coefficient (Wildman–Crippen LogP) is 2.52. The Hall–Kier alpha value is -1.02. The van der Waals surface area contributed by atoms with Gasteiger partial charge in [0.2, 0.25) is 10.0 Å². The third kappa shape index (κ3) is 3.74. The van der Waals surface area contributed by atoms with Crippen LogP contribution in [-0.4, -0.2) is 19.2 Å². The van der Waals surface area contributed by atoms with Crippen LogP contribution in [0.25, 0.3) is 0 Å².